The van der Waals surface area contributed by atoms with Crippen molar-refractivity contribution in [3.05, 3.63) is 47.7 Å². The molecule has 6 nitrogen and oxygen atoms in total. The number of fused-ring (bicyclic) bond motifs is 1. The standard InChI is InChI=1S/C15H13ClN4O2S/c1-23(17,22)10-3-5-13-11(7-10)15(19-8-18-13)20-9-2-4-12(16)14(21)6-9/h2-8H,1H3,(H3-,17,18,19,20,21,22)/p+1. The number of nitrogens with zero attached hydrogens (tertiary/aromatic N) is 2. The molecule has 3 rings (SSSR count). The van der Waals surface area contributed by atoms with Gasteiger partial charge in [-0.1, -0.05) is 11.6 Å². The predicted octanol–water partition coefficient (Wildman–Crippen LogP) is 4.11. The monoisotopic (exact) mass is 349 g/mol. The van der Waals surface area contributed by atoms with Gasteiger partial charge in [0.15, 0.2) is 4.90 Å². The first-order valence-electron chi connectivity index (χ1n) is 6.60. The second kappa shape index (κ2) is 5.77. The van der Waals surface area contributed by atoms with Gasteiger partial charge in [-0.05, 0) is 24.3 Å². The fraction of sp³-hybridized carbons (Fsp3) is 0.0667. The van der Waals surface area contributed by atoms with Crippen molar-refractivity contribution in [2.24, 2.45) is 0 Å². The number of benzene rings is 2. The van der Waals surface area contributed by atoms with Crippen LogP contribution in [0.15, 0.2) is 47.6 Å². The van der Waals surface area contributed by atoms with Gasteiger partial charge in [0.05, 0.1) is 10.5 Å². The smallest absolute Gasteiger partial charge is 0.170 e. The summed E-state index contributed by atoms with van der Waals surface area (Å²) in [6.45, 7) is 0. The summed E-state index contributed by atoms with van der Waals surface area (Å²) in [5.41, 5.74) is 1.30. The van der Waals surface area contributed by atoms with Crippen LogP contribution >= 0.6 is 11.6 Å². The zero-order valence-electron chi connectivity index (χ0n) is 12.1. The molecule has 4 N–H and O–H groups in total. The van der Waals surface area contributed by atoms with Crippen LogP contribution in [0.25, 0.3) is 10.9 Å². The van der Waals surface area contributed by atoms with E-state index in [4.69, 9.17) is 16.4 Å². The maximum Gasteiger partial charge on any atom is 0.170 e. The van der Waals surface area contributed by atoms with E-state index >= 15 is 0 Å². The second-order valence-electron chi connectivity index (χ2n) is 5.07. The highest BCUT2D eigenvalue weighted by molar-refractivity contribution is 7.98. The first-order chi connectivity index (χ1) is 10.8. The van der Waals surface area contributed by atoms with E-state index in [0.717, 1.165) is 0 Å². The summed E-state index contributed by atoms with van der Waals surface area (Å²) in [7, 11) is -2.59. The average molecular weight is 350 g/mol. The van der Waals surface area contributed by atoms with E-state index in [1.165, 1.54) is 18.6 Å². The predicted molar refractivity (Wildman–Crippen MR) is 92.8 cm³/mol. The fourth-order valence-corrected chi connectivity index (χ4v) is 2.91. The first-order valence-corrected chi connectivity index (χ1v) is 8.98. The summed E-state index contributed by atoms with van der Waals surface area (Å²) in [6.07, 6.45) is 2.90. The maximum absolute atomic E-state index is 9.94. The van der Waals surface area contributed by atoms with E-state index in [1.807, 2.05) is 0 Å². The van der Waals surface area contributed by atoms with Crippen molar-refractivity contribution in [1.29, 1.82) is 4.78 Å². The van der Waals surface area contributed by atoms with E-state index in [1.54, 1.807) is 30.3 Å². The molecular formula is C15H14ClN4O2S+. The Kier molecular flexibility index (Phi) is 3.93. The van der Waals surface area contributed by atoms with Gasteiger partial charge in [-0.25, -0.2) is 14.5 Å². The van der Waals surface area contributed by atoms with E-state index in [-0.39, 0.29) is 10.8 Å². The number of aromatic hydroxyl groups is 1. The van der Waals surface area contributed by atoms with Crippen molar-refractivity contribution in [3.8, 4) is 5.75 Å². The minimum absolute atomic E-state index is 0.0331. The van der Waals surface area contributed by atoms with Crippen LogP contribution in [-0.4, -0.2) is 25.9 Å². The molecule has 23 heavy (non-hydrogen) atoms. The van der Waals surface area contributed by atoms with Crippen LogP contribution in [-0.2, 0) is 10.1 Å². The van der Waals surface area contributed by atoms with Gasteiger partial charge < -0.3 is 10.4 Å². The number of rotatable bonds is 3. The number of anilines is 2. The molecule has 0 fully saturated rings. The molecule has 1 unspecified atom stereocenters. The van der Waals surface area contributed by atoms with Crippen LogP contribution in [0.3, 0.4) is 0 Å². The van der Waals surface area contributed by atoms with Crippen molar-refractivity contribution >= 4 is 44.1 Å². The average Bonchev–Trinajstić information content (AvgIpc) is 2.50. The number of halogens is 1. The van der Waals surface area contributed by atoms with E-state index in [2.05, 4.69) is 15.3 Å². The Morgan fingerprint density at radius 1 is 1.17 bits per heavy atom. The van der Waals surface area contributed by atoms with Crippen LogP contribution in [0, 0.1) is 4.78 Å². The Morgan fingerprint density at radius 2 is 1.96 bits per heavy atom. The zero-order chi connectivity index (χ0) is 16.6. The van der Waals surface area contributed by atoms with Gasteiger partial charge in [-0.15, -0.1) is 4.78 Å². The molecule has 0 saturated carbocycles. The molecule has 0 bridgehead atoms. The fourth-order valence-electron chi connectivity index (χ4n) is 2.11. The molecule has 0 radical (unpaired) electrons. The normalized spacial score (nSPS) is 13.7. The van der Waals surface area contributed by atoms with Crippen molar-refractivity contribution in [2.45, 2.75) is 4.90 Å². The van der Waals surface area contributed by atoms with Gasteiger partial charge >= 0.3 is 0 Å². The highest BCUT2D eigenvalue weighted by Crippen LogP contribution is 2.30. The summed E-state index contributed by atoms with van der Waals surface area (Å²) in [6, 6.07) is 9.92. The quantitative estimate of drug-likeness (QED) is 0.533. The first kappa shape index (κ1) is 15.7. The van der Waals surface area contributed by atoms with Crippen LogP contribution in [0.1, 0.15) is 0 Å². The van der Waals surface area contributed by atoms with Gasteiger partial charge in [0, 0.05) is 23.2 Å². The number of hydrogen-bond donors (Lipinski definition) is 4. The van der Waals surface area contributed by atoms with Crippen molar-refractivity contribution < 1.29 is 9.66 Å². The molecule has 0 aliphatic heterocycles. The molecule has 2 aromatic carbocycles. The molecule has 0 amide bonds. The molecule has 0 saturated heterocycles. The third kappa shape index (κ3) is 3.26. The Hall–Kier alpha value is -2.22. The molecule has 1 atom stereocenters. The number of nitrogens with one attached hydrogen (secondary N) is 2. The lowest BCUT2D eigenvalue weighted by atomic mass is 10.2. The van der Waals surface area contributed by atoms with E-state index in [0.29, 0.717) is 27.3 Å². The largest absolute Gasteiger partial charge is 0.506 e. The summed E-state index contributed by atoms with van der Waals surface area (Å²) >= 11 is 5.80. The Morgan fingerprint density at radius 3 is 2.65 bits per heavy atom. The van der Waals surface area contributed by atoms with Gasteiger partial charge in [-0.3, -0.25) is 0 Å². The Balaban J connectivity index is 2.09. The number of phenolic OH excluding ortho intramolecular Hbond substituents is 1. The van der Waals surface area contributed by atoms with E-state index < -0.39 is 10.1 Å². The third-order valence-electron chi connectivity index (χ3n) is 3.27. The molecule has 1 aromatic heterocycles. The summed E-state index contributed by atoms with van der Waals surface area (Å²) in [5.74, 6) is 0.483. The van der Waals surface area contributed by atoms with Gasteiger partial charge in [0.2, 0.25) is 0 Å². The Bertz CT molecular complexity index is 942. The molecule has 0 aliphatic carbocycles. The molecular weight excluding hydrogens is 336 g/mol. The minimum Gasteiger partial charge on any atom is -0.506 e. The third-order valence-corrected chi connectivity index (χ3v) is 4.77. The van der Waals surface area contributed by atoms with E-state index in [9.17, 15) is 9.66 Å². The highest BCUT2D eigenvalue weighted by atomic mass is 35.5. The Labute approximate surface area is 138 Å². The van der Waals surface area contributed by atoms with Crippen molar-refractivity contribution in [2.75, 3.05) is 11.6 Å². The molecule has 118 valence electrons. The molecule has 0 aliphatic rings. The summed E-state index contributed by atoms with van der Waals surface area (Å²) < 4.78 is 17.8. The van der Waals surface area contributed by atoms with Gasteiger partial charge in [-0.2, -0.15) is 0 Å². The summed E-state index contributed by atoms with van der Waals surface area (Å²) in [5, 5.41) is 13.7. The zero-order valence-corrected chi connectivity index (χ0v) is 13.7. The lowest BCUT2D eigenvalue weighted by molar-refractivity contribution is 0.476. The molecule has 1 heterocycles. The van der Waals surface area contributed by atoms with Crippen LogP contribution in [0.5, 0.6) is 5.75 Å². The second-order valence-corrected chi connectivity index (χ2v) is 7.70. The van der Waals surface area contributed by atoms with Gasteiger partial charge in [0.1, 0.15) is 34.3 Å². The van der Waals surface area contributed by atoms with Gasteiger partial charge in [0.25, 0.3) is 0 Å². The molecule has 3 aromatic rings. The summed E-state index contributed by atoms with van der Waals surface area (Å²) in [4.78, 5) is 8.91. The topological polar surface area (TPSA) is 102 Å². The number of aromatic nitrogens is 2. The van der Waals surface area contributed by atoms with Crippen LogP contribution in [0.4, 0.5) is 11.5 Å². The number of phenols is 1. The number of hydrogen-bond acceptors (Lipinski definition) is 5. The van der Waals surface area contributed by atoms with Crippen LogP contribution < -0.4 is 5.32 Å². The van der Waals surface area contributed by atoms with Crippen LogP contribution in [0.2, 0.25) is 5.02 Å². The highest BCUT2D eigenvalue weighted by Gasteiger charge is 2.18. The minimum atomic E-state index is -2.59. The lowest BCUT2D eigenvalue weighted by Crippen LogP contribution is -2.05. The SMILES string of the molecule is C[S+](=N)(O)c1ccc2ncnc(Nc3ccc(Cl)c(O)c3)c2c1. The van der Waals surface area contributed by atoms with Crippen molar-refractivity contribution in [1.82, 2.24) is 9.97 Å². The molecule has 0 spiro atoms. The van der Waals surface area contributed by atoms with Crippen molar-refractivity contribution in [3.63, 3.8) is 0 Å². The maximum atomic E-state index is 9.94. The lowest BCUT2D eigenvalue weighted by Gasteiger charge is -2.10. The molecule has 8 heteroatoms.